The number of halogens is 1. The van der Waals surface area contributed by atoms with Crippen LogP contribution in [0.15, 0.2) is 78.9 Å². The van der Waals surface area contributed by atoms with Crippen molar-refractivity contribution in [1.82, 2.24) is 0 Å². The molecule has 130 valence electrons. The fraction of sp³-hybridized carbons (Fsp3) is 0.0455. The molecular formula is C22H18ClNO2. The molecule has 4 heteroatoms. The SMILES string of the molecule is COc1ccc(/C=C(\C(=O)Nc2cccc(Cl)c2)c2ccccc2)cc1. The van der Waals surface area contributed by atoms with E-state index in [0.29, 0.717) is 16.3 Å². The van der Waals surface area contributed by atoms with Crippen molar-refractivity contribution >= 4 is 34.8 Å². The molecule has 3 aromatic rings. The molecule has 1 N–H and O–H groups in total. The lowest BCUT2D eigenvalue weighted by molar-refractivity contribution is -0.111. The van der Waals surface area contributed by atoms with Crippen LogP contribution in [-0.4, -0.2) is 13.0 Å². The van der Waals surface area contributed by atoms with Gasteiger partial charge in [0.15, 0.2) is 0 Å². The van der Waals surface area contributed by atoms with Gasteiger partial charge >= 0.3 is 0 Å². The summed E-state index contributed by atoms with van der Waals surface area (Å²) in [5.74, 6) is 0.570. The number of rotatable bonds is 5. The van der Waals surface area contributed by atoms with Crippen molar-refractivity contribution in [2.24, 2.45) is 0 Å². The van der Waals surface area contributed by atoms with Gasteiger partial charge in [0, 0.05) is 16.3 Å². The highest BCUT2D eigenvalue weighted by atomic mass is 35.5. The standard InChI is InChI=1S/C22H18ClNO2/c1-26-20-12-10-16(11-13-20)14-21(17-6-3-2-4-7-17)22(25)24-19-9-5-8-18(23)15-19/h2-15H,1H3,(H,24,25)/b21-14-. The van der Waals surface area contributed by atoms with Crippen LogP contribution in [-0.2, 0) is 4.79 Å². The van der Waals surface area contributed by atoms with E-state index in [4.69, 9.17) is 16.3 Å². The van der Waals surface area contributed by atoms with Crippen LogP contribution < -0.4 is 10.1 Å². The monoisotopic (exact) mass is 363 g/mol. The van der Waals surface area contributed by atoms with Gasteiger partial charge in [-0.1, -0.05) is 60.1 Å². The van der Waals surface area contributed by atoms with Gasteiger partial charge in [-0.05, 0) is 47.5 Å². The van der Waals surface area contributed by atoms with Gasteiger partial charge in [0.05, 0.1) is 7.11 Å². The Kier molecular flexibility index (Phi) is 5.72. The Morgan fingerprint density at radius 2 is 1.69 bits per heavy atom. The number of methoxy groups -OCH3 is 1. The molecule has 0 aliphatic carbocycles. The number of hydrogen-bond donors (Lipinski definition) is 1. The number of hydrogen-bond acceptors (Lipinski definition) is 2. The lowest BCUT2D eigenvalue weighted by Gasteiger charge is -2.10. The first kappa shape index (κ1) is 17.8. The molecule has 0 saturated heterocycles. The van der Waals surface area contributed by atoms with Gasteiger partial charge in [-0.15, -0.1) is 0 Å². The van der Waals surface area contributed by atoms with E-state index >= 15 is 0 Å². The average molecular weight is 364 g/mol. The summed E-state index contributed by atoms with van der Waals surface area (Å²) in [4.78, 5) is 12.9. The van der Waals surface area contributed by atoms with Gasteiger partial charge in [0.1, 0.15) is 5.75 Å². The molecule has 0 fully saturated rings. The number of benzene rings is 3. The smallest absolute Gasteiger partial charge is 0.256 e. The predicted octanol–water partition coefficient (Wildman–Crippen LogP) is 5.53. The Hall–Kier alpha value is -3.04. The molecule has 3 aromatic carbocycles. The summed E-state index contributed by atoms with van der Waals surface area (Å²) in [7, 11) is 1.62. The zero-order valence-corrected chi connectivity index (χ0v) is 15.0. The van der Waals surface area contributed by atoms with Crippen molar-refractivity contribution in [1.29, 1.82) is 0 Å². The Balaban J connectivity index is 1.95. The lowest BCUT2D eigenvalue weighted by Crippen LogP contribution is -2.13. The van der Waals surface area contributed by atoms with Gasteiger partial charge in [-0.25, -0.2) is 0 Å². The maximum Gasteiger partial charge on any atom is 0.256 e. The molecule has 0 heterocycles. The highest BCUT2D eigenvalue weighted by Crippen LogP contribution is 2.23. The maximum absolute atomic E-state index is 12.9. The van der Waals surface area contributed by atoms with Gasteiger partial charge in [-0.3, -0.25) is 4.79 Å². The topological polar surface area (TPSA) is 38.3 Å². The van der Waals surface area contributed by atoms with Crippen LogP contribution in [0, 0.1) is 0 Å². The summed E-state index contributed by atoms with van der Waals surface area (Å²) >= 11 is 6.01. The number of nitrogens with one attached hydrogen (secondary N) is 1. The van der Waals surface area contributed by atoms with Crippen LogP contribution >= 0.6 is 11.6 Å². The van der Waals surface area contributed by atoms with Crippen molar-refractivity contribution < 1.29 is 9.53 Å². The summed E-state index contributed by atoms with van der Waals surface area (Å²) in [5, 5.41) is 3.48. The minimum absolute atomic E-state index is 0.200. The zero-order valence-electron chi connectivity index (χ0n) is 14.3. The normalized spacial score (nSPS) is 11.1. The fourth-order valence-corrected chi connectivity index (χ4v) is 2.72. The molecule has 3 rings (SSSR count). The molecule has 3 nitrogen and oxygen atoms in total. The third-order valence-electron chi connectivity index (χ3n) is 3.84. The first-order valence-electron chi connectivity index (χ1n) is 8.14. The van der Waals surface area contributed by atoms with Crippen LogP contribution in [0.2, 0.25) is 5.02 Å². The van der Waals surface area contributed by atoms with Crippen LogP contribution in [0.1, 0.15) is 11.1 Å². The second-order valence-electron chi connectivity index (χ2n) is 5.66. The molecule has 0 aromatic heterocycles. The van der Waals surface area contributed by atoms with E-state index in [1.807, 2.05) is 60.7 Å². The van der Waals surface area contributed by atoms with Crippen LogP contribution in [0.5, 0.6) is 5.75 Å². The quantitative estimate of drug-likeness (QED) is 0.478. The number of carbonyl (C=O) groups is 1. The maximum atomic E-state index is 12.9. The van der Waals surface area contributed by atoms with E-state index in [0.717, 1.165) is 16.9 Å². The van der Waals surface area contributed by atoms with Crippen molar-refractivity contribution in [2.75, 3.05) is 12.4 Å². The lowest BCUT2D eigenvalue weighted by atomic mass is 10.0. The van der Waals surface area contributed by atoms with Crippen molar-refractivity contribution in [3.63, 3.8) is 0 Å². The van der Waals surface area contributed by atoms with Gasteiger partial charge in [-0.2, -0.15) is 0 Å². The molecule has 26 heavy (non-hydrogen) atoms. The Morgan fingerprint density at radius 1 is 0.962 bits per heavy atom. The van der Waals surface area contributed by atoms with Crippen molar-refractivity contribution in [2.45, 2.75) is 0 Å². The largest absolute Gasteiger partial charge is 0.497 e. The minimum atomic E-state index is -0.200. The van der Waals surface area contributed by atoms with Crippen molar-refractivity contribution in [3.8, 4) is 5.75 Å². The highest BCUT2D eigenvalue weighted by Gasteiger charge is 2.12. The molecule has 0 unspecified atom stereocenters. The molecule has 0 aliphatic heterocycles. The second-order valence-corrected chi connectivity index (χ2v) is 6.10. The first-order chi connectivity index (χ1) is 12.7. The third-order valence-corrected chi connectivity index (χ3v) is 4.07. The molecule has 0 spiro atoms. The highest BCUT2D eigenvalue weighted by molar-refractivity contribution is 6.31. The molecule has 1 amide bonds. The molecule has 0 saturated carbocycles. The molecule has 0 aliphatic rings. The summed E-state index contributed by atoms with van der Waals surface area (Å²) in [6, 6.07) is 24.2. The van der Waals surface area contributed by atoms with Gasteiger partial charge < -0.3 is 10.1 Å². The van der Waals surface area contributed by atoms with Crippen LogP contribution in [0.3, 0.4) is 0 Å². The summed E-state index contributed by atoms with van der Waals surface area (Å²) < 4.78 is 5.18. The molecule has 0 radical (unpaired) electrons. The number of carbonyl (C=O) groups excluding carboxylic acids is 1. The number of ether oxygens (including phenoxy) is 1. The van der Waals surface area contributed by atoms with E-state index in [1.54, 1.807) is 31.4 Å². The van der Waals surface area contributed by atoms with E-state index in [2.05, 4.69) is 5.32 Å². The van der Waals surface area contributed by atoms with Gasteiger partial charge in [0.2, 0.25) is 0 Å². The molecular weight excluding hydrogens is 346 g/mol. The summed E-state index contributed by atoms with van der Waals surface area (Å²) in [5.41, 5.74) is 2.96. The molecule has 0 atom stereocenters. The van der Waals surface area contributed by atoms with E-state index in [9.17, 15) is 4.79 Å². The zero-order chi connectivity index (χ0) is 18.4. The van der Waals surface area contributed by atoms with E-state index < -0.39 is 0 Å². The van der Waals surface area contributed by atoms with Crippen LogP contribution in [0.4, 0.5) is 5.69 Å². The summed E-state index contributed by atoms with van der Waals surface area (Å²) in [6.07, 6.45) is 1.86. The van der Waals surface area contributed by atoms with E-state index in [1.165, 1.54) is 0 Å². The fourth-order valence-electron chi connectivity index (χ4n) is 2.53. The Labute approximate surface area is 157 Å². The first-order valence-corrected chi connectivity index (χ1v) is 8.51. The third kappa shape index (κ3) is 4.52. The van der Waals surface area contributed by atoms with Crippen LogP contribution in [0.25, 0.3) is 11.6 Å². The van der Waals surface area contributed by atoms with Crippen molar-refractivity contribution in [3.05, 3.63) is 95.0 Å². The minimum Gasteiger partial charge on any atom is -0.497 e. The summed E-state index contributed by atoms with van der Waals surface area (Å²) in [6.45, 7) is 0. The molecule has 0 bridgehead atoms. The Morgan fingerprint density at radius 3 is 2.35 bits per heavy atom. The van der Waals surface area contributed by atoms with Gasteiger partial charge in [0.25, 0.3) is 5.91 Å². The number of anilines is 1. The average Bonchev–Trinajstić information content (AvgIpc) is 2.67. The second kappa shape index (κ2) is 8.37. The Bertz CT molecular complexity index is 918. The predicted molar refractivity (Wildman–Crippen MR) is 107 cm³/mol. The number of amides is 1. The van der Waals surface area contributed by atoms with E-state index in [-0.39, 0.29) is 5.91 Å².